The van der Waals surface area contributed by atoms with E-state index in [-0.39, 0.29) is 11.7 Å². The normalized spacial score (nSPS) is 22.1. The van der Waals surface area contributed by atoms with Gasteiger partial charge in [0.15, 0.2) is 9.84 Å². The number of sulfone groups is 1. The maximum atomic E-state index is 12.0. The first-order valence-corrected chi connectivity index (χ1v) is 8.03. The Hall–Kier alpha value is 0.0900. The van der Waals surface area contributed by atoms with Crippen LogP contribution in [0.4, 0.5) is 0 Å². The Morgan fingerprint density at radius 1 is 1.53 bits per heavy atom. The van der Waals surface area contributed by atoms with Crippen molar-refractivity contribution < 1.29 is 8.42 Å². The van der Waals surface area contributed by atoms with E-state index in [1.54, 1.807) is 12.1 Å². The summed E-state index contributed by atoms with van der Waals surface area (Å²) >= 11 is 4.57. The molecule has 0 aliphatic carbocycles. The lowest BCUT2D eigenvalue weighted by atomic mass is 10.2. The number of hydrogen-bond acceptors (Lipinski definition) is 4. The van der Waals surface area contributed by atoms with Crippen LogP contribution < -0.4 is 5.32 Å². The second-order valence-electron chi connectivity index (χ2n) is 3.70. The van der Waals surface area contributed by atoms with Gasteiger partial charge in [0, 0.05) is 0 Å². The fourth-order valence-corrected chi connectivity index (χ4v) is 5.48. The fourth-order valence-electron chi connectivity index (χ4n) is 1.71. The van der Waals surface area contributed by atoms with Crippen LogP contribution >= 0.6 is 27.3 Å². The zero-order valence-electron chi connectivity index (χ0n) is 8.07. The third kappa shape index (κ3) is 2.81. The third-order valence-electron chi connectivity index (χ3n) is 2.47. The molecule has 0 bridgehead atoms. The topological polar surface area (TPSA) is 46.2 Å². The van der Waals surface area contributed by atoms with Gasteiger partial charge in [-0.05, 0) is 53.5 Å². The first-order valence-electron chi connectivity index (χ1n) is 4.77. The van der Waals surface area contributed by atoms with Gasteiger partial charge in [-0.15, -0.1) is 11.3 Å². The van der Waals surface area contributed by atoms with Crippen LogP contribution in [-0.4, -0.2) is 27.3 Å². The molecule has 0 saturated carbocycles. The van der Waals surface area contributed by atoms with Crippen molar-refractivity contribution in [2.45, 2.75) is 10.6 Å². The number of rotatable bonds is 3. The van der Waals surface area contributed by atoms with Gasteiger partial charge in [-0.25, -0.2) is 8.42 Å². The molecular formula is C9H12BrNO2S2. The predicted octanol–water partition coefficient (Wildman–Crippen LogP) is 1.89. The van der Waals surface area contributed by atoms with Crippen molar-refractivity contribution in [3.05, 3.63) is 15.9 Å². The molecule has 1 aromatic heterocycles. The highest BCUT2D eigenvalue weighted by Gasteiger charge is 2.24. The first-order chi connectivity index (χ1) is 7.08. The maximum Gasteiger partial charge on any atom is 0.188 e. The van der Waals surface area contributed by atoms with Crippen LogP contribution in [0.15, 0.2) is 20.1 Å². The number of thiophene rings is 1. The van der Waals surface area contributed by atoms with Crippen LogP contribution in [0.5, 0.6) is 0 Å². The summed E-state index contributed by atoms with van der Waals surface area (Å²) in [5, 5.41) is 3.18. The SMILES string of the molecule is O=S(=O)(CC1CCNC1)c1ccc(Br)s1. The lowest BCUT2D eigenvalue weighted by Gasteiger charge is -2.07. The molecule has 1 fully saturated rings. The molecule has 6 heteroatoms. The smallest absolute Gasteiger partial charge is 0.188 e. The van der Waals surface area contributed by atoms with Crippen molar-refractivity contribution in [1.29, 1.82) is 0 Å². The van der Waals surface area contributed by atoms with E-state index in [9.17, 15) is 8.42 Å². The van der Waals surface area contributed by atoms with Crippen LogP contribution in [0.25, 0.3) is 0 Å². The van der Waals surface area contributed by atoms with E-state index in [1.165, 1.54) is 11.3 Å². The highest BCUT2D eigenvalue weighted by molar-refractivity contribution is 9.11. The van der Waals surface area contributed by atoms with Crippen LogP contribution in [0.1, 0.15) is 6.42 Å². The van der Waals surface area contributed by atoms with Gasteiger partial charge in [0.25, 0.3) is 0 Å². The summed E-state index contributed by atoms with van der Waals surface area (Å²) in [7, 11) is -3.07. The van der Waals surface area contributed by atoms with E-state index in [1.807, 2.05) is 0 Å². The van der Waals surface area contributed by atoms with Gasteiger partial charge in [-0.1, -0.05) is 0 Å². The largest absolute Gasteiger partial charge is 0.316 e. The summed E-state index contributed by atoms with van der Waals surface area (Å²) in [6.07, 6.45) is 0.964. The molecule has 1 saturated heterocycles. The molecular weight excluding hydrogens is 298 g/mol. The first kappa shape index (κ1) is 11.6. The third-order valence-corrected chi connectivity index (χ3v) is 6.56. The number of halogens is 1. The van der Waals surface area contributed by atoms with Crippen LogP contribution in [-0.2, 0) is 9.84 Å². The van der Waals surface area contributed by atoms with E-state index in [4.69, 9.17) is 0 Å². The lowest BCUT2D eigenvalue weighted by Crippen LogP contribution is -2.18. The number of hydrogen-bond donors (Lipinski definition) is 1. The molecule has 1 unspecified atom stereocenters. The summed E-state index contributed by atoms with van der Waals surface area (Å²) in [5.41, 5.74) is 0. The summed E-state index contributed by atoms with van der Waals surface area (Å²) in [5.74, 6) is 0.545. The van der Waals surface area contributed by atoms with Crippen LogP contribution in [0.2, 0.25) is 0 Å². The summed E-state index contributed by atoms with van der Waals surface area (Å²) in [6, 6.07) is 3.46. The van der Waals surface area contributed by atoms with Gasteiger partial charge in [0.2, 0.25) is 0 Å². The van der Waals surface area contributed by atoms with Crippen molar-refractivity contribution in [3.8, 4) is 0 Å². The Bertz CT molecular complexity index is 435. The molecule has 3 nitrogen and oxygen atoms in total. The van der Waals surface area contributed by atoms with Crippen molar-refractivity contribution in [2.24, 2.45) is 5.92 Å². The standard InChI is InChI=1S/C9H12BrNO2S2/c10-8-1-2-9(14-8)15(12,13)6-7-3-4-11-5-7/h1-2,7,11H,3-6H2. The molecule has 0 aromatic carbocycles. The van der Waals surface area contributed by atoms with Gasteiger partial charge >= 0.3 is 0 Å². The van der Waals surface area contributed by atoms with Crippen molar-refractivity contribution in [3.63, 3.8) is 0 Å². The highest BCUT2D eigenvalue weighted by Crippen LogP contribution is 2.28. The van der Waals surface area contributed by atoms with E-state index in [0.717, 1.165) is 23.3 Å². The zero-order valence-corrected chi connectivity index (χ0v) is 11.3. The molecule has 1 aliphatic heterocycles. The van der Waals surface area contributed by atoms with Crippen molar-refractivity contribution in [2.75, 3.05) is 18.8 Å². The predicted molar refractivity (Wildman–Crippen MR) is 65.0 cm³/mol. The molecule has 1 atom stereocenters. The van der Waals surface area contributed by atoms with Crippen molar-refractivity contribution >= 4 is 37.1 Å². The van der Waals surface area contributed by atoms with Gasteiger partial charge in [0.05, 0.1) is 9.54 Å². The van der Waals surface area contributed by atoms with Gasteiger partial charge < -0.3 is 5.32 Å². The minimum Gasteiger partial charge on any atom is -0.316 e. The molecule has 1 aliphatic rings. The molecule has 0 amide bonds. The highest BCUT2D eigenvalue weighted by atomic mass is 79.9. The summed E-state index contributed by atoms with van der Waals surface area (Å²) in [6.45, 7) is 1.76. The monoisotopic (exact) mass is 309 g/mol. The van der Waals surface area contributed by atoms with Gasteiger partial charge in [-0.3, -0.25) is 0 Å². The van der Waals surface area contributed by atoms with Crippen molar-refractivity contribution in [1.82, 2.24) is 5.32 Å². The molecule has 84 valence electrons. The number of nitrogens with one attached hydrogen (secondary N) is 1. The molecule has 2 rings (SSSR count). The van der Waals surface area contributed by atoms with E-state index < -0.39 is 9.84 Å². The van der Waals surface area contributed by atoms with E-state index in [2.05, 4.69) is 21.2 Å². The van der Waals surface area contributed by atoms with E-state index >= 15 is 0 Å². The molecule has 1 N–H and O–H groups in total. The molecule has 1 aromatic rings. The molecule has 0 radical (unpaired) electrons. The fraction of sp³-hybridized carbons (Fsp3) is 0.556. The average Bonchev–Trinajstić information content (AvgIpc) is 2.75. The maximum absolute atomic E-state index is 12.0. The second-order valence-corrected chi connectivity index (χ2v) is 8.42. The Morgan fingerprint density at radius 2 is 2.33 bits per heavy atom. The zero-order chi connectivity index (χ0) is 10.9. The van der Waals surface area contributed by atoms with Gasteiger partial charge in [-0.2, -0.15) is 0 Å². The average molecular weight is 310 g/mol. The summed E-state index contributed by atoms with van der Waals surface area (Å²) in [4.78, 5) is 0. The minimum absolute atomic E-state index is 0.271. The molecule has 0 spiro atoms. The Morgan fingerprint density at radius 3 is 2.87 bits per heavy atom. The molecule has 2 heterocycles. The molecule has 15 heavy (non-hydrogen) atoms. The Balaban J connectivity index is 2.12. The Kier molecular flexibility index (Phi) is 3.49. The van der Waals surface area contributed by atoms with E-state index in [0.29, 0.717) is 4.21 Å². The lowest BCUT2D eigenvalue weighted by molar-refractivity contribution is 0.572. The van der Waals surface area contributed by atoms with Gasteiger partial charge in [0.1, 0.15) is 4.21 Å². The quantitative estimate of drug-likeness (QED) is 0.927. The second kappa shape index (κ2) is 4.53. The summed E-state index contributed by atoms with van der Waals surface area (Å²) < 4.78 is 25.3. The van der Waals surface area contributed by atoms with Crippen LogP contribution in [0, 0.1) is 5.92 Å². The Labute approximate surface area is 102 Å². The minimum atomic E-state index is -3.07. The van der Waals surface area contributed by atoms with Crippen LogP contribution in [0.3, 0.4) is 0 Å².